The Labute approximate surface area is 181 Å². The molecule has 10 nitrogen and oxygen atoms in total. The number of nitrogens with two attached hydrogens (primary N) is 1. The number of hydrogen-bond donors (Lipinski definition) is 5. The smallest absolute Gasteiger partial charge is 0.319 e. The van der Waals surface area contributed by atoms with Crippen LogP contribution in [0.3, 0.4) is 0 Å². The predicted octanol–water partition coefficient (Wildman–Crippen LogP) is 1.38. The number of amides is 2. The van der Waals surface area contributed by atoms with Gasteiger partial charge >= 0.3 is 5.97 Å². The van der Waals surface area contributed by atoms with Crippen molar-refractivity contribution in [2.24, 2.45) is 5.92 Å². The minimum absolute atomic E-state index is 0.0884. The van der Waals surface area contributed by atoms with E-state index in [0.717, 1.165) is 16.8 Å². The number of nitrogen functional groups attached to an aromatic ring is 1. The molecular formula is C19H21ClFN5O5. The second kappa shape index (κ2) is 10.0. The van der Waals surface area contributed by atoms with Gasteiger partial charge in [-0.2, -0.15) is 0 Å². The minimum atomic E-state index is -1.21. The fraction of sp³-hybridized carbons (Fsp3) is 0.263. The van der Waals surface area contributed by atoms with Crippen molar-refractivity contribution in [1.82, 2.24) is 15.4 Å². The summed E-state index contributed by atoms with van der Waals surface area (Å²) in [7, 11) is 0. The highest BCUT2D eigenvalue weighted by molar-refractivity contribution is 6.33. The number of carbonyl (C=O) groups excluding carboxylic acids is 2. The van der Waals surface area contributed by atoms with E-state index in [9.17, 15) is 23.6 Å². The van der Waals surface area contributed by atoms with Crippen LogP contribution in [0, 0.1) is 11.7 Å². The van der Waals surface area contributed by atoms with Crippen molar-refractivity contribution in [2.75, 3.05) is 17.6 Å². The number of hydrogen-bond acceptors (Lipinski definition) is 6. The molecule has 0 spiro atoms. The predicted molar refractivity (Wildman–Crippen MR) is 112 cm³/mol. The number of aliphatic carboxylic acids is 1. The summed E-state index contributed by atoms with van der Waals surface area (Å²) < 4.78 is 15.1. The number of benzene rings is 1. The molecule has 0 aliphatic rings. The maximum atomic E-state index is 14.2. The highest BCUT2D eigenvalue weighted by atomic mass is 35.5. The van der Waals surface area contributed by atoms with Crippen molar-refractivity contribution in [3.05, 3.63) is 57.2 Å². The Kier molecular flexibility index (Phi) is 7.72. The molecule has 1 aromatic carbocycles. The lowest BCUT2D eigenvalue weighted by Gasteiger charge is -2.23. The second-order valence-corrected chi connectivity index (χ2v) is 7.31. The van der Waals surface area contributed by atoms with E-state index in [-0.39, 0.29) is 16.3 Å². The van der Waals surface area contributed by atoms with Gasteiger partial charge in [0.1, 0.15) is 24.1 Å². The first-order chi connectivity index (χ1) is 14.5. The number of aromatic nitrogens is 1. The molecule has 166 valence electrons. The van der Waals surface area contributed by atoms with E-state index in [0.29, 0.717) is 0 Å². The molecule has 0 radical (unpaired) electrons. The van der Waals surface area contributed by atoms with E-state index < -0.39 is 53.4 Å². The lowest BCUT2D eigenvalue weighted by atomic mass is 10.0. The molecule has 1 aromatic heterocycles. The van der Waals surface area contributed by atoms with Crippen molar-refractivity contribution < 1.29 is 23.9 Å². The van der Waals surface area contributed by atoms with Gasteiger partial charge in [0.05, 0.1) is 10.7 Å². The number of carbonyl (C=O) groups is 3. The molecule has 1 atom stereocenters. The van der Waals surface area contributed by atoms with Crippen molar-refractivity contribution in [1.29, 1.82) is 0 Å². The maximum Gasteiger partial charge on any atom is 0.319 e. The fourth-order valence-electron chi connectivity index (χ4n) is 2.76. The molecule has 0 fully saturated rings. The number of carboxylic acid groups (broad SMARTS) is 1. The van der Waals surface area contributed by atoms with Crippen molar-refractivity contribution in [3.8, 4) is 0 Å². The third-order valence-electron chi connectivity index (χ3n) is 4.17. The molecule has 12 heteroatoms. The molecular weight excluding hydrogens is 433 g/mol. The number of carboxylic acids is 1. The normalized spacial score (nSPS) is 11.8. The van der Waals surface area contributed by atoms with Crippen LogP contribution < -0.4 is 27.5 Å². The number of nitrogens with zero attached hydrogens (tertiary/aromatic N) is 1. The summed E-state index contributed by atoms with van der Waals surface area (Å²) in [5, 5.41) is 11.1. The average Bonchev–Trinajstić information content (AvgIpc) is 2.67. The summed E-state index contributed by atoms with van der Waals surface area (Å²) in [6, 6.07) is 3.72. The SMILES string of the molecule is CC(C)C(C(=O)NNCC(=O)O)n1cc(F)cc(NC(=O)c2ccc(N)c(Cl)c2)c1=O. The third-order valence-corrected chi connectivity index (χ3v) is 4.50. The van der Waals surface area contributed by atoms with Crippen molar-refractivity contribution in [3.63, 3.8) is 0 Å². The maximum absolute atomic E-state index is 14.2. The highest BCUT2D eigenvalue weighted by Crippen LogP contribution is 2.21. The molecule has 2 amide bonds. The molecule has 1 unspecified atom stereocenters. The first-order valence-electron chi connectivity index (χ1n) is 9.03. The van der Waals surface area contributed by atoms with Crippen LogP contribution >= 0.6 is 11.6 Å². The molecule has 0 saturated carbocycles. The van der Waals surface area contributed by atoms with Crippen molar-refractivity contribution in [2.45, 2.75) is 19.9 Å². The van der Waals surface area contributed by atoms with Crippen LogP contribution in [0.25, 0.3) is 0 Å². The van der Waals surface area contributed by atoms with Crippen molar-refractivity contribution >= 4 is 40.8 Å². The van der Waals surface area contributed by atoms with E-state index in [1.807, 2.05) is 0 Å². The second-order valence-electron chi connectivity index (χ2n) is 6.90. The quantitative estimate of drug-likeness (QED) is 0.298. The van der Waals surface area contributed by atoms with Gasteiger partial charge in [0.2, 0.25) is 0 Å². The largest absolute Gasteiger partial charge is 0.480 e. The number of halogens is 2. The van der Waals surface area contributed by atoms with Gasteiger partial charge in [-0.15, -0.1) is 0 Å². The van der Waals surface area contributed by atoms with E-state index in [1.165, 1.54) is 18.2 Å². The van der Waals surface area contributed by atoms with E-state index in [2.05, 4.69) is 16.2 Å². The van der Waals surface area contributed by atoms with Crippen LogP contribution in [0.5, 0.6) is 0 Å². The number of anilines is 2. The summed E-state index contributed by atoms with van der Waals surface area (Å²) >= 11 is 5.90. The molecule has 0 bridgehead atoms. The molecule has 2 rings (SSSR count). The van der Waals surface area contributed by atoms with Crippen LogP contribution in [-0.4, -0.2) is 34.0 Å². The lowest BCUT2D eigenvalue weighted by molar-refractivity contribution is -0.136. The minimum Gasteiger partial charge on any atom is -0.480 e. The van der Waals surface area contributed by atoms with Gasteiger partial charge in [0.25, 0.3) is 17.4 Å². The monoisotopic (exact) mass is 453 g/mol. The van der Waals surface area contributed by atoms with Gasteiger partial charge in [-0.3, -0.25) is 29.2 Å². The van der Waals surface area contributed by atoms with E-state index in [4.69, 9.17) is 22.4 Å². The highest BCUT2D eigenvalue weighted by Gasteiger charge is 2.27. The summed E-state index contributed by atoms with van der Waals surface area (Å²) in [5.41, 5.74) is 9.10. The van der Waals surface area contributed by atoms with Gasteiger partial charge < -0.3 is 16.2 Å². The molecule has 0 aliphatic carbocycles. The van der Waals surface area contributed by atoms with Crippen LogP contribution in [0.1, 0.15) is 30.2 Å². The molecule has 1 heterocycles. The van der Waals surface area contributed by atoms with Gasteiger partial charge in [0.15, 0.2) is 0 Å². The number of nitrogens with one attached hydrogen (secondary N) is 3. The Morgan fingerprint density at radius 1 is 1.26 bits per heavy atom. The Morgan fingerprint density at radius 2 is 1.94 bits per heavy atom. The van der Waals surface area contributed by atoms with Gasteiger partial charge in [-0.25, -0.2) is 9.82 Å². The van der Waals surface area contributed by atoms with E-state index >= 15 is 0 Å². The molecule has 0 saturated heterocycles. The Morgan fingerprint density at radius 3 is 2.52 bits per heavy atom. The van der Waals surface area contributed by atoms with E-state index in [1.54, 1.807) is 13.8 Å². The van der Waals surface area contributed by atoms with Gasteiger partial charge in [-0.1, -0.05) is 25.4 Å². The average molecular weight is 454 g/mol. The Balaban J connectivity index is 2.35. The zero-order chi connectivity index (χ0) is 23.3. The fourth-order valence-corrected chi connectivity index (χ4v) is 2.94. The number of hydrazine groups is 1. The standard InChI is InChI=1S/C19H21ClFN5O5/c1-9(2)16(18(30)25-23-7-15(27)28)26-8-11(21)6-14(19(26)31)24-17(29)10-3-4-13(22)12(20)5-10/h3-6,8-9,16,23H,7,22H2,1-2H3,(H,24,29)(H,25,30)(H,27,28). The summed E-state index contributed by atoms with van der Waals surface area (Å²) in [5.74, 6) is -4.05. The molecule has 6 N–H and O–H groups in total. The van der Waals surface area contributed by atoms with Crippen LogP contribution in [0.15, 0.2) is 35.3 Å². The summed E-state index contributed by atoms with van der Waals surface area (Å²) in [6.07, 6.45) is 0.833. The lowest BCUT2D eigenvalue weighted by Crippen LogP contribution is -2.47. The van der Waals surface area contributed by atoms with Gasteiger partial charge in [0, 0.05) is 17.8 Å². The molecule has 2 aromatic rings. The summed E-state index contributed by atoms with van der Waals surface area (Å²) in [4.78, 5) is 48.4. The van der Waals surface area contributed by atoms with Crippen LogP contribution in [0.4, 0.5) is 15.8 Å². The summed E-state index contributed by atoms with van der Waals surface area (Å²) in [6.45, 7) is 2.68. The van der Waals surface area contributed by atoms with Gasteiger partial charge in [-0.05, 0) is 24.1 Å². The molecule has 31 heavy (non-hydrogen) atoms. The number of rotatable bonds is 8. The first kappa shape index (κ1) is 23.8. The van der Waals surface area contributed by atoms with Crippen LogP contribution in [0.2, 0.25) is 5.02 Å². The number of pyridine rings is 1. The topological polar surface area (TPSA) is 156 Å². The first-order valence-corrected chi connectivity index (χ1v) is 9.41. The molecule has 0 aliphatic heterocycles. The zero-order valence-electron chi connectivity index (χ0n) is 16.6. The Hall–Kier alpha value is -3.44. The van der Waals surface area contributed by atoms with Crippen LogP contribution in [-0.2, 0) is 9.59 Å². The third kappa shape index (κ3) is 6.03. The zero-order valence-corrected chi connectivity index (χ0v) is 17.4. The Bertz CT molecular complexity index is 1070.